The average Bonchev–Trinajstić information content (AvgIpc) is 2.47. The van der Waals surface area contributed by atoms with Crippen LogP contribution in [0.4, 0.5) is 4.79 Å². The van der Waals surface area contributed by atoms with Gasteiger partial charge in [0.15, 0.2) is 0 Å². The molecule has 1 saturated heterocycles. The van der Waals surface area contributed by atoms with Crippen molar-refractivity contribution in [3.63, 3.8) is 0 Å². The molecule has 66 valence electrons. The van der Waals surface area contributed by atoms with Crippen LogP contribution in [-0.2, 0) is 0 Å². The fourth-order valence-corrected chi connectivity index (χ4v) is 1.42. The van der Waals surface area contributed by atoms with Gasteiger partial charge >= 0.3 is 6.09 Å². The number of likely N-dealkylation sites (tertiary alicyclic amines) is 1. The Bertz CT molecular complexity index is 223. The van der Waals surface area contributed by atoms with E-state index < -0.39 is 12.1 Å². The van der Waals surface area contributed by atoms with E-state index in [0.29, 0.717) is 6.42 Å². The fourth-order valence-electron chi connectivity index (χ4n) is 1.42. The standard InChI is InChI=1S/C7H10N2O3/c8-2-5-1-6(4-10)9(3-5)7(11)12/h5-6,10H,1,3-4H2,(H,11,12)/t5?,6-/m1/s1. The van der Waals surface area contributed by atoms with E-state index in [4.69, 9.17) is 15.5 Å². The van der Waals surface area contributed by atoms with E-state index in [0.717, 1.165) is 4.90 Å². The summed E-state index contributed by atoms with van der Waals surface area (Å²) in [4.78, 5) is 11.7. The summed E-state index contributed by atoms with van der Waals surface area (Å²) in [5.74, 6) is -0.266. The summed E-state index contributed by atoms with van der Waals surface area (Å²) in [5, 5.41) is 25.9. The summed E-state index contributed by atoms with van der Waals surface area (Å²) in [6.07, 6.45) is -0.619. The maximum Gasteiger partial charge on any atom is 0.407 e. The van der Waals surface area contributed by atoms with E-state index in [9.17, 15) is 4.79 Å². The summed E-state index contributed by atoms with van der Waals surface area (Å²) in [7, 11) is 0. The number of carbonyl (C=O) groups is 1. The van der Waals surface area contributed by atoms with Gasteiger partial charge in [0.1, 0.15) is 0 Å². The molecule has 0 aromatic rings. The first-order valence-corrected chi connectivity index (χ1v) is 3.69. The molecular weight excluding hydrogens is 160 g/mol. The lowest BCUT2D eigenvalue weighted by molar-refractivity contribution is 0.118. The molecule has 0 aromatic heterocycles. The maximum absolute atomic E-state index is 10.5. The SMILES string of the molecule is N#CC1C[C@H](CO)N(C(=O)O)C1. The van der Waals surface area contributed by atoms with Gasteiger partial charge in [-0.15, -0.1) is 0 Å². The summed E-state index contributed by atoms with van der Waals surface area (Å²) in [5.41, 5.74) is 0. The van der Waals surface area contributed by atoms with Gasteiger partial charge < -0.3 is 15.1 Å². The molecule has 5 nitrogen and oxygen atoms in total. The van der Waals surface area contributed by atoms with Gasteiger partial charge in [-0.25, -0.2) is 4.79 Å². The molecule has 1 fully saturated rings. The van der Waals surface area contributed by atoms with Crippen molar-refractivity contribution < 1.29 is 15.0 Å². The van der Waals surface area contributed by atoms with E-state index in [1.54, 1.807) is 0 Å². The Kier molecular flexibility index (Phi) is 2.51. The molecule has 5 heteroatoms. The minimum absolute atomic E-state index is 0.204. The van der Waals surface area contributed by atoms with Crippen molar-refractivity contribution in [2.45, 2.75) is 12.5 Å². The number of rotatable bonds is 1. The van der Waals surface area contributed by atoms with Crippen molar-refractivity contribution >= 4 is 6.09 Å². The van der Waals surface area contributed by atoms with Crippen LogP contribution in [0.25, 0.3) is 0 Å². The van der Waals surface area contributed by atoms with E-state index >= 15 is 0 Å². The molecule has 1 amide bonds. The van der Waals surface area contributed by atoms with E-state index in [2.05, 4.69) is 0 Å². The highest BCUT2D eigenvalue weighted by Gasteiger charge is 2.34. The smallest absolute Gasteiger partial charge is 0.407 e. The topological polar surface area (TPSA) is 84.6 Å². The Balaban J connectivity index is 2.64. The molecule has 0 spiro atoms. The molecule has 2 atom stereocenters. The van der Waals surface area contributed by atoms with Crippen LogP contribution in [0.2, 0.25) is 0 Å². The Hall–Kier alpha value is -1.28. The first-order valence-electron chi connectivity index (χ1n) is 3.69. The molecular formula is C7H10N2O3. The largest absolute Gasteiger partial charge is 0.465 e. The summed E-state index contributed by atoms with van der Waals surface area (Å²) < 4.78 is 0. The number of nitriles is 1. The molecule has 0 aromatic carbocycles. The number of aliphatic hydroxyl groups is 1. The minimum atomic E-state index is -1.06. The average molecular weight is 170 g/mol. The Morgan fingerprint density at radius 3 is 2.75 bits per heavy atom. The predicted octanol–water partition coefficient (Wildman–Crippen LogP) is -0.129. The van der Waals surface area contributed by atoms with Crippen LogP contribution in [0, 0.1) is 17.2 Å². The summed E-state index contributed by atoms with van der Waals surface area (Å²) in [6, 6.07) is 1.60. The molecule has 2 N–H and O–H groups in total. The molecule has 0 aliphatic carbocycles. The Morgan fingerprint density at radius 2 is 2.42 bits per heavy atom. The van der Waals surface area contributed by atoms with Gasteiger partial charge in [0, 0.05) is 6.54 Å². The highest BCUT2D eigenvalue weighted by Crippen LogP contribution is 2.21. The van der Waals surface area contributed by atoms with Gasteiger partial charge in [-0.05, 0) is 6.42 Å². The van der Waals surface area contributed by atoms with Gasteiger partial charge in [0.25, 0.3) is 0 Å². The van der Waals surface area contributed by atoms with Crippen LogP contribution < -0.4 is 0 Å². The van der Waals surface area contributed by atoms with E-state index in [1.165, 1.54) is 0 Å². The van der Waals surface area contributed by atoms with Crippen LogP contribution in [0.3, 0.4) is 0 Å². The Labute approximate surface area is 69.8 Å². The van der Waals surface area contributed by atoms with Crippen molar-refractivity contribution in [2.75, 3.05) is 13.2 Å². The highest BCUT2D eigenvalue weighted by molar-refractivity contribution is 5.66. The van der Waals surface area contributed by atoms with Crippen LogP contribution in [0.5, 0.6) is 0 Å². The predicted molar refractivity (Wildman–Crippen MR) is 39.3 cm³/mol. The van der Waals surface area contributed by atoms with Crippen LogP contribution in [-0.4, -0.2) is 40.4 Å². The third kappa shape index (κ3) is 1.48. The molecule has 1 aliphatic rings. The van der Waals surface area contributed by atoms with Crippen molar-refractivity contribution in [1.29, 1.82) is 5.26 Å². The van der Waals surface area contributed by atoms with Crippen LogP contribution >= 0.6 is 0 Å². The van der Waals surface area contributed by atoms with Gasteiger partial charge in [-0.3, -0.25) is 0 Å². The van der Waals surface area contributed by atoms with Crippen LogP contribution in [0.15, 0.2) is 0 Å². The zero-order valence-corrected chi connectivity index (χ0v) is 6.47. The summed E-state index contributed by atoms with van der Waals surface area (Å²) >= 11 is 0. The number of carboxylic acid groups (broad SMARTS) is 1. The van der Waals surface area contributed by atoms with Crippen molar-refractivity contribution in [2.24, 2.45) is 5.92 Å². The lowest BCUT2D eigenvalue weighted by Crippen LogP contribution is -2.36. The van der Waals surface area contributed by atoms with Crippen molar-refractivity contribution in [1.82, 2.24) is 4.90 Å². The van der Waals surface area contributed by atoms with Crippen molar-refractivity contribution in [3.05, 3.63) is 0 Å². The van der Waals surface area contributed by atoms with E-state index in [-0.39, 0.29) is 19.1 Å². The van der Waals surface area contributed by atoms with Gasteiger partial charge in [-0.1, -0.05) is 0 Å². The molecule has 1 aliphatic heterocycles. The normalized spacial score (nSPS) is 28.5. The number of aliphatic hydroxyl groups excluding tert-OH is 1. The third-order valence-electron chi connectivity index (χ3n) is 2.05. The first-order chi connectivity index (χ1) is 5.69. The molecule has 12 heavy (non-hydrogen) atoms. The van der Waals surface area contributed by atoms with Gasteiger partial charge in [-0.2, -0.15) is 5.26 Å². The number of hydrogen-bond acceptors (Lipinski definition) is 3. The quantitative estimate of drug-likeness (QED) is 0.574. The molecule has 1 unspecified atom stereocenters. The monoisotopic (exact) mass is 170 g/mol. The summed E-state index contributed by atoms with van der Waals surface area (Å²) in [6.45, 7) is 0.0154. The number of amides is 1. The Morgan fingerprint density at radius 1 is 1.75 bits per heavy atom. The fraction of sp³-hybridized carbons (Fsp3) is 0.714. The zero-order chi connectivity index (χ0) is 9.14. The number of nitrogens with zero attached hydrogens (tertiary/aromatic N) is 2. The molecule has 1 heterocycles. The lowest BCUT2D eigenvalue weighted by Gasteiger charge is -2.18. The maximum atomic E-state index is 10.5. The van der Waals surface area contributed by atoms with Crippen molar-refractivity contribution in [3.8, 4) is 6.07 Å². The molecule has 1 rings (SSSR count). The van der Waals surface area contributed by atoms with Gasteiger partial charge in [0.2, 0.25) is 0 Å². The molecule has 0 saturated carbocycles. The first kappa shape index (κ1) is 8.81. The third-order valence-corrected chi connectivity index (χ3v) is 2.05. The molecule has 0 bridgehead atoms. The second-order valence-corrected chi connectivity index (χ2v) is 2.83. The van der Waals surface area contributed by atoms with E-state index in [1.807, 2.05) is 6.07 Å². The van der Waals surface area contributed by atoms with Crippen LogP contribution in [0.1, 0.15) is 6.42 Å². The minimum Gasteiger partial charge on any atom is -0.465 e. The number of hydrogen-bond donors (Lipinski definition) is 2. The second-order valence-electron chi connectivity index (χ2n) is 2.83. The zero-order valence-electron chi connectivity index (χ0n) is 6.47. The molecule has 0 radical (unpaired) electrons. The second kappa shape index (κ2) is 3.41. The van der Waals surface area contributed by atoms with Gasteiger partial charge in [0.05, 0.1) is 24.6 Å². The highest BCUT2D eigenvalue weighted by atomic mass is 16.4. The lowest BCUT2D eigenvalue weighted by atomic mass is 10.1.